The molecule has 168 valence electrons. The number of nitrogens with one attached hydrogen (secondary N) is 1. The minimum atomic E-state index is -0.364. The highest BCUT2D eigenvalue weighted by atomic mass is 79.9. The Morgan fingerprint density at radius 1 is 1.30 bits per heavy atom. The third kappa shape index (κ3) is 4.14. The summed E-state index contributed by atoms with van der Waals surface area (Å²) >= 11 is 3.38. The summed E-state index contributed by atoms with van der Waals surface area (Å²) in [6, 6.07) is 12.4. The van der Waals surface area contributed by atoms with E-state index in [0.717, 1.165) is 17.3 Å². The van der Waals surface area contributed by atoms with E-state index in [-0.39, 0.29) is 29.1 Å². The smallest absolute Gasteiger partial charge is 0.257 e. The van der Waals surface area contributed by atoms with Gasteiger partial charge in [0, 0.05) is 23.2 Å². The minimum absolute atomic E-state index is 0.00652. The first-order valence-electron chi connectivity index (χ1n) is 10.5. The second kappa shape index (κ2) is 8.80. The van der Waals surface area contributed by atoms with Crippen molar-refractivity contribution >= 4 is 56.1 Å². The average Bonchev–Trinajstić information content (AvgIpc) is 3.42. The third-order valence-electron chi connectivity index (χ3n) is 5.52. The summed E-state index contributed by atoms with van der Waals surface area (Å²) in [5.74, 6) is -0.198. The van der Waals surface area contributed by atoms with Crippen LogP contribution >= 0.6 is 15.9 Å². The van der Waals surface area contributed by atoms with Crippen LogP contribution in [-0.4, -0.2) is 51.1 Å². The second-order valence-corrected chi connectivity index (χ2v) is 8.67. The number of fused-ring (bicyclic) bond motifs is 2. The zero-order valence-corrected chi connectivity index (χ0v) is 19.1. The molecule has 0 radical (unpaired) electrons. The molecule has 0 spiro atoms. The molecule has 2 aromatic heterocycles. The highest BCUT2D eigenvalue weighted by Crippen LogP contribution is 2.28. The number of carbonyl (C=O) groups excluding carboxylic acids is 1. The van der Waals surface area contributed by atoms with E-state index in [1.54, 1.807) is 18.2 Å². The van der Waals surface area contributed by atoms with Crippen LogP contribution in [0.5, 0.6) is 5.75 Å². The van der Waals surface area contributed by atoms with Gasteiger partial charge >= 0.3 is 0 Å². The molecular weight excluding hydrogens is 488 g/mol. The molecule has 1 aliphatic rings. The predicted molar refractivity (Wildman–Crippen MR) is 130 cm³/mol. The number of rotatable bonds is 5. The molecule has 0 aliphatic carbocycles. The van der Waals surface area contributed by atoms with Crippen molar-refractivity contribution in [1.29, 1.82) is 0 Å². The third-order valence-corrected chi connectivity index (χ3v) is 6.01. The van der Waals surface area contributed by atoms with Gasteiger partial charge in [-0.15, -0.1) is 0 Å². The number of aromatic hydroxyl groups is 1. The van der Waals surface area contributed by atoms with Gasteiger partial charge in [0.05, 0.1) is 23.4 Å². The second-order valence-electron chi connectivity index (χ2n) is 7.75. The van der Waals surface area contributed by atoms with Crippen LogP contribution in [0.2, 0.25) is 0 Å². The number of para-hydroxylation sites is 2. The van der Waals surface area contributed by atoms with Crippen molar-refractivity contribution in [3.05, 3.63) is 58.1 Å². The number of carbonyl (C=O) groups is 1. The number of ether oxygens (including phenoxy) is 1. The molecule has 1 amide bonds. The number of anilines is 1. The number of benzene rings is 2. The fourth-order valence-corrected chi connectivity index (χ4v) is 4.22. The van der Waals surface area contributed by atoms with Crippen LogP contribution in [0.4, 0.5) is 5.82 Å². The number of nitrogens with two attached hydrogens (primary N) is 1. The molecule has 3 heterocycles. The van der Waals surface area contributed by atoms with E-state index in [1.807, 2.05) is 24.3 Å². The van der Waals surface area contributed by atoms with Crippen molar-refractivity contribution in [3.63, 3.8) is 0 Å². The molecule has 4 aromatic rings. The molecule has 1 aliphatic heterocycles. The molecule has 5 rings (SSSR count). The van der Waals surface area contributed by atoms with Crippen molar-refractivity contribution < 1.29 is 14.6 Å². The van der Waals surface area contributed by atoms with Gasteiger partial charge < -0.3 is 20.9 Å². The zero-order chi connectivity index (χ0) is 22.9. The number of aromatic nitrogens is 3. The number of nitrogens with zero attached hydrogens (tertiary/aromatic N) is 4. The zero-order valence-electron chi connectivity index (χ0n) is 17.5. The summed E-state index contributed by atoms with van der Waals surface area (Å²) in [6.45, 7) is 1.09. The Hall–Kier alpha value is -3.50. The van der Waals surface area contributed by atoms with Gasteiger partial charge in [0.25, 0.3) is 5.91 Å². The number of nitrogen functional groups attached to an aromatic ring is 1. The monoisotopic (exact) mass is 508 g/mol. The molecule has 0 unspecified atom stereocenters. The van der Waals surface area contributed by atoms with Gasteiger partial charge in [-0.25, -0.2) is 9.97 Å². The molecule has 1 atom stereocenters. The van der Waals surface area contributed by atoms with E-state index >= 15 is 0 Å². The van der Waals surface area contributed by atoms with E-state index in [0.29, 0.717) is 40.9 Å². The topological polar surface area (TPSA) is 128 Å². The molecule has 9 nitrogen and oxygen atoms in total. The Bertz CT molecular complexity index is 1390. The Kier molecular flexibility index (Phi) is 5.69. The lowest BCUT2D eigenvalue weighted by Crippen LogP contribution is -2.32. The molecule has 1 saturated heterocycles. The molecule has 4 N–H and O–H groups in total. The SMILES string of the molecule is Nc1c(C(=O)NC[C@@H]2CCCO2)c2nc3ccccc3nc2n1/N=C\c1cc(Br)ccc1O. The maximum atomic E-state index is 13.1. The molecule has 0 bridgehead atoms. The maximum Gasteiger partial charge on any atom is 0.257 e. The molecule has 0 saturated carbocycles. The van der Waals surface area contributed by atoms with Gasteiger partial charge in [-0.1, -0.05) is 28.1 Å². The average molecular weight is 509 g/mol. The van der Waals surface area contributed by atoms with E-state index < -0.39 is 0 Å². The number of halogens is 1. The molecule has 33 heavy (non-hydrogen) atoms. The van der Waals surface area contributed by atoms with Crippen LogP contribution < -0.4 is 11.1 Å². The van der Waals surface area contributed by atoms with Gasteiger partial charge in [0.15, 0.2) is 5.65 Å². The van der Waals surface area contributed by atoms with E-state index in [4.69, 9.17) is 10.5 Å². The molecule has 10 heteroatoms. The number of hydrogen-bond donors (Lipinski definition) is 3. The minimum Gasteiger partial charge on any atom is -0.507 e. The van der Waals surface area contributed by atoms with Crippen LogP contribution in [0, 0.1) is 0 Å². The largest absolute Gasteiger partial charge is 0.507 e. The van der Waals surface area contributed by atoms with E-state index in [1.165, 1.54) is 10.9 Å². The normalized spacial score (nSPS) is 16.2. The molecule has 2 aromatic carbocycles. The summed E-state index contributed by atoms with van der Waals surface area (Å²) in [4.78, 5) is 22.5. The standard InChI is InChI=1S/C23H21BrN6O3/c24-14-7-8-18(31)13(10-14)11-27-30-21(25)19(23(32)26-12-15-4-3-9-33-15)20-22(30)29-17-6-2-1-5-16(17)28-20/h1-2,5-8,10-11,15,31H,3-4,9,12,25H2,(H,26,32)/b27-11-/t15-/m0/s1. The van der Waals surface area contributed by atoms with Crippen LogP contribution in [0.1, 0.15) is 28.8 Å². The fourth-order valence-electron chi connectivity index (χ4n) is 3.84. The first-order chi connectivity index (χ1) is 16.0. The lowest BCUT2D eigenvalue weighted by molar-refractivity contribution is 0.0859. The van der Waals surface area contributed by atoms with Crippen LogP contribution in [0.15, 0.2) is 52.0 Å². The number of amides is 1. The summed E-state index contributed by atoms with van der Waals surface area (Å²) in [7, 11) is 0. The van der Waals surface area contributed by atoms with E-state index in [9.17, 15) is 9.90 Å². The first kappa shape index (κ1) is 21.4. The van der Waals surface area contributed by atoms with Crippen molar-refractivity contribution in [2.75, 3.05) is 18.9 Å². The Labute approximate surface area is 197 Å². The summed E-state index contributed by atoms with van der Waals surface area (Å²) in [5, 5.41) is 17.5. The van der Waals surface area contributed by atoms with Crippen molar-refractivity contribution in [1.82, 2.24) is 20.0 Å². The van der Waals surface area contributed by atoms with Gasteiger partial charge in [-0.2, -0.15) is 9.78 Å². The first-order valence-corrected chi connectivity index (χ1v) is 11.3. The van der Waals surface area contributed by atoms with Gasteiger partial charge in [0.1, 0.15) is 22.6 Å². The number of hydrogen-bond acceptors (Lipinski definition) is 7. The van der Waals surface area contributed by atoms with Crippen LogP contribution in [-0.2, 0) is 4.74 Å². The van der Waals surface area contributed by atoms with Gasteiger partial charge in [-0.05, 0) is 43.2 Å². The van der Waals surface area contributed by atoms with Crippen molar-refractivity contribution in [2.24, 2.45) is 5.10 Å². The van der Waals surface area contributed by atoms with Crippen LogP contribution in [0.25, 0.3) is 22.2 Å². The van der Waals surface area contributed by atoms with Gasteiger partial charge in [-0.3, -0.25) is 4.79 Å². The fraction of sp³-hybridized carbons (Fsp3) is 0.217. The summed E-state index contributed by atoms with van der Waals surface area (Å²) in [5.41, 5.74) is 9.07. The molecular formula is C23H21BrN6O3. The van der Waals surface area contributed by atoms with Crippen molar-refractivity contribution in [2.45, 2.75) is 18.9 Å². The highest BCUT2D eigenvalue weighted by Gasteiger charge is 2.25. The Balaban J connectivity index is 1.60. The lowest BCUT2D eigenvalue weighted by atomic mass is 10.2. The van der Waals surface area contributed by atoms with Crippen molar-refractivity contribution in [3.8, 4) is 5.75 Å². The molecule has 1 fully saturated rings. The summed E-state index contributed by atoms with van der Waals surface area (Å²) < 4.78 is 7.75. The van der Waals surface area contributed by atoms with Crippen LogP contribution in [0.3, 0.4) is 0 Å². The Morgan fingerprint density at radius 2 is 2.09 bits per heavy atom. The summed E-state index contributed by atoms with van der Waals surface area (Å²) in [6.07, 6.45) is 3.34. The highest BCUT2D eigenvalue weighted by molar-refractivity contribution is 9.10. The Morgan fingerprint density at radius 3 is 2.85 bits per heavy atom. The maximum absolute atomic E-state index is 13.1. The van der Waals surface area contributed by atoms with E-state index in [2.05, 4.69) is 36.3 Å². The predicted octanol–water partition coefficient (Wildman–Crippen LogP) is 3.43. The quantitative estimate of drug-likeness (QED) is 0.354. The number of phenols is 1. The number of phenolic OH excluding ortho intramolecular Hbond substituents is 1. The van der Waals surface area contributed by atoms with Gasteiger partial charge in [0.2, 0.25) is 0 Å². The lowest BCUT2D eigenvalue weighted by Gasteiger charge is -2.10.